The molecule has 1 unspecified atom stereocenters. The molecule has 0 radical (unpaired) electrons. The fraction of sp³-hybridized carbons (Fsp3) is 0.438. The molecular formula is C16H21N. The van der Waals surface area contributed by atoms with Gasteiger partial charge >= 0.3 is 0 Å². The molecule has 0 N–H and O–H groups in total. The second-order valence-corrected chi connectivity index (χ2v) is 4.52. The van der Waals surface area contributed by atoms with Gasteiger partial charge in [0.25, 0.3) is 0 Å². The molecule has 1 aromatic carbocycles. The van der Waals surface area contributed by atoms with Crippen LogP contribution in [0.25, 0.3) is 0 Å². The highest BCUT2D eigenvalue weighted by Gasteiger charge is 2.08. The summed E-state index contributed by atoms with van der Waals surface area (Å²) >= 11 is 0. The first-order valence-electron chi connectivity index (χ1n) is 6.39. The van der Waals surface area contributed by atoms with Crippen LogP contribution in [-0.2, 0) is 0 Å². The first-order chi connectivity index (χ1) is 8.27. The average molecular weight is 227 g/mol. The molecular weight excluding hydrogens is 206 g/mol. The summed E-state index contributed by atoms with van der Waals surface area (Å²) in [6, 6.07) is 10.8. The van der Waals surface area contributed by atoms with Crippen molar-refractivity contribution in [3.63, 3.8) is 0 Å². The van der Waals surface area contributed by atoms with Crippen molar-refractivity contribution in [1.82, 2.24) is 0 Å². The van der Waals surface area contributed by atoms with Gasteiger partial charge in [0, 0.05) is 6.08 Å². The monoisotopic (exact) mass is 227 g/mol. The fourth-order valence-electron chi connectivity index (χ4n) is 1.99. The molecule has 0 saturated heterocycles. The summed E-state index contributed by atoms with van der Waals surface area (Å²) in [5, 5.41) is 8.53. The van der Waals surface area contributed by atoms with Crippen molar-refractivity contribution < 1.29 is 0 Å². The van der Waals surface area contributed by atoms with Gasteiger partial charge in [-0.2, -0.15) is 5.26 Å². The minimum Gasteiger partial charge on any atom is -0.193 e. The number of hydrogen-bond donors (Lipinski definition) is 0. The molecule has 0 bridgehead atoms. The molecule has 0 spiro atoms. The Hall–Kier alpha value is -1.55. The number of nitrogens with zero attached hydrogens (tertiary/aromatic N) is 1. The molecule has 0 saturated carbocycles. The number of rotatable bonds is 6. The molecule has 1 nitrogen and oxygen atoms in total. The van der Waals surface area contributed by atoms with Gasteiger partial charge in [0.2, 0.25) is 0 Å². The maximum atomic E-state index is 8.53. The number of allylic oxidation sites excluding steroid dienone is 2. The predicted octanol–water partition coefficient (Wildman–Crippen LogP) is 4.74. The van der Waals surface area contributed by atoms with Crippen LogP contribution in [0.2, 0.25) is 0 Å². The van der Waals surface area contributed by atoms with Crippen LogP contribution in [0.3, 0.4) is 0 Å². The molecule has 0 aliphatic carbocycles. The summed E-state index contributed by atoms with van der Waals surface area (Å²) in [4.78, 5) is 0. The summed E-state index contributed by atoms with van der Waals surface area (Å²) in [5.41, 5.74) is 2.70. The summed E-state index contributed by atoms with van der Waals surface area (Å²) in [5.74, 6) is 0.556. The Balaban J connectivity index is 2.71. The molecule has 0 aromatic heterocycles. The predicted molar refractivity (Wildman–Crippen MR) is 72.8 cm³/mol. The molecule has 1 rings (SSSR count). The Morgan fingerprint density at radius 3 is 2.59 bits per heavy atom. The van der Waals surface area contributed by atoms with E-state index in [-0.39, 0.29) is 0 Å². The Bertz CT molecular complexity index is 381. The molecule has 0 aliphatic rings. The van der Waals surface area contributed by atoms with Gasteiger partial charge in [-0.15, -0.1) is 0 Å². The number of hydrogen-bond acceptors (Lipinski definition) is 1. The van der Waals surface area contributed by atoms with Crippen molar-refractivity contribution in [3.8, 4) is 6.07 Å². The molecule has 1 heteroatoms. The molecule has 0 heterocycles. The van der Waals surface area contributed by atoms with E-state index in [1.165, 1.54) is 30.4 Å². The van der Waals surface area contributed by atoms with Crippen molar-refractivity contribution in [2.24, 2.45) is 0 Å². The zero-order valence-corrected chi connectivity index (χ0v) is 10.8. The molecule has 1 atom stereocenters. The maximum Gasteiger partial charge on any atom is 0.0908 e. The van der Waals surface area contributed by atoms with E-state index in [1.807, 2.05) is 6.08 Å². The molecule has 1 aromatic rings. The lowest BCUT2D eigenvalue weighted by Crippen LogP contribution is -1.98. The molecule has 0 amide bonds. The smallest absolute Gasteiger partial charge is 0.0908 e. The highest BCUT2D eigenvalue weighted by atomic mass is 14.2. The number of benzene rings is 1. The Morgan fingerprint density at radius 2 is 2.00 bits per heavy atom. The summed E-state index contributed by atoms with van der Waals surface area (Å²) in [7, 11) is 0. The minimum atomic E-state index is 0.556. The van der Waals surface area contributed by atoms with E-state index in [0.29, 0.717) is 5.92 Å². The van der Waals surface area contributed by atoms with Gasteiger partial charge in [0.1, 0.15) is 0 Å². The summed E-state index contributed by atoms with van der Waals surface area (Å²) in [6.45, 7) is 4.33. The number of aryl methyl sites for hydroxylation is 1. The lowest BCUT2D eigenvalue weighted by atomic mass is 9.90. The van der Waals surface area contributed by atoms with Crippen LogP contribution in [-0.4, -0.2) is 0 Å². The van der Waals surface area contributed by atoms with Gasteiger partial charge in [0.15, 0.2) is 0 Å². The van der Waals surface area contributed by atoms with Crippen LogP contribution in [0.15, 0.2) is 36.4 Å². The molecule has 0 fully saturated rings. The van der Waals surface area contributed by atoms with Crippen LogP contribution in [0.5, 0.6) is 0 Å². The minimum absolute atomic E-state index is 0.556. The number of nitriles is 1. The van der Waals surface area contributed by atoms with Crippen LogP contribution in [0, 0.1) is 18.3 Å². The molecule has 0 aliphatic heterocycles. The van der Waals surface area contributed by atoms with Crippen molar-refractivity contribution in [2.45, 2.75) is 45.4 Å². The van der Waals surface area contributed by atoms with E-state index < -0.39 is 0 Å². The third-order valence-corrected chi connectivity index (χ3v) is 3.07. The largest absolute Gasteiger partial charge is 0.193 e. The maximum absolute atomic E-state index is 8.53. The van der Waals surface area contributed by atoms with E-state index in [1.54, 1.807) is 6.08 Å². The fourth-order valence-corrected chi connectivity index (χ4v) is 1.99. The zero-order valence-electron chi connectivity index (χ0n) is 10.8. The van der Waals surface area contributed by atoms with E-state index in [9.17, 15) is 0 Å². The van der Waals surface area contributed by atoms with Crippen LogP contribution in [0.1, 0.15) is 49.7 Å². The standard InChI is InChI=1S/C16H21N/c1-3-4-7-15(8-5-6-13-17)16-11-9-14(2)10-12-16/h5-6,9-12,15H,3-4,7-8H2,1-2H3. The highest BCUT2D eigenvalue weighted by molar-refractivity contribution is 5.25. The SMILES string of the molecule is CCCCC(CC=CC#N)c1ccc(C)cc1. The quantitative estimate of drug-likeness (QED) is 0.644. The van der Waals surface area contributed by atoms with E-state index in [4.69, 9.17) is 5.26 Å². The van der Waals surface area contributed by atoms with E-state index >= 15 is 0 Å². The van der Waals surface area contributed by atoms with Crippen LogP contribution >= 0.6 is 0 Å². The molecule has 90 valence electrons. The normalized spacial score (nSPS) is 12.5. The highest BCUT2D eigenvalue weighted by Crippen LogP contribution is 2.26. The van der Waals surface area contributed by atoms with Gasteiger partial charge in [-0.25, -0.2) is 0 Å². The van der Waals surface area contributed by atoms with Gasteiger partial charge < -0.3 is 0 Å². The average Bonchev–Trinajstić information content (AvgIpc) is 2.35. The third-order valence-electron chi connectivity index (χ3n) is 3.07. The Kier molecular flexibility index (Phi) is 6.10. The van der Waals surface area contributed by atoms with Crippen LogP contribution < -0.4 is 0 Å². The first kappa shape index (κ1) is 13.5. The molecule has 17 heavy (non-hydrogen) atoms. The van der Waals surface area contributed by atoms with E-state index in [2.05, 4.69) is 44.2 Å². The summed E-state index contributed by atoms with van der Waals surface area (Å²) in [6.07, 6.45) is 8.22. The lowest BCUT2D eigenvalue weighted by molar-refractivity contribution is 0.590. The van der Waals surface area contributed by atoms with Crippen molar-refractivity contribution in [1.29, 1.82) is 5.26 Å². The Labute approximate surface area is 105 Å². The zero-order chi connectivity index (χ0) is 12.5. The van der Waals surface area contributed by atoms with Crippen molar-refractivity contribution in [2.75, 3.05) is 0 Å². The third kappa shape index (κ3) is 4.87. The van der Waals surface area contributed by atoms with E-state index in [0.717, 1.165) is 6.42 Å². The number of unbranched alkanes of at least 4 members (excludes halogenated alkanes) is 1. The summed E-state index contributed by atoms with van der Waals surface area (Å²) < 4.78 is 0. The second kappa shape index (κ2) is 7.68. The first-order valence-corrected chi connectivity index (χ1v) is 6.39. The van der Waals surface area contributed by atoms with Crippen molar-refractivity contribution >= 4 is 0 Å². The van der Waals surface area contributed by atoms with Crippen LogP contribution in [0.4, 0.5) is 0 Å². The van der Waals surface area contributed by atoms with Crippen molar-refractivity contribution in [3.05, 3.63) is 47.5 Å². The second-order valence-electron chi connectivity index (χ2n) is 4.52. The lowest BCUT2D eigenvalue weighted by Gasteiger charge is -2.15. The van der Waals surface area contributed by atoms with Gasteiger partial charge in [0.05, 0.1) is 6.07 Å². The Morgan fingerprint density at radius 1 is 1.29 bits per heavy atom. The topological polar surface area (TPSA) is 23.8 Å². The van der Waals surface area contributed by atoms with Gasteiger partial charge in [-0.3, -0.25) is 0 Å². The van der Waals surface area contributed by atoms with Gasteiger partial charge in [-0.05, 0) is 31.2 Å². The van der Waals surface area contributed by atoms with Gasteiger partial charge in [-0.1, -0.05) is 55.7 Å².